The number of rotatable bonds is 6. The summed E-state index contributed by atoms with van der Waals surface area (Å²) in [5.41, 5.74) is 6.35. The summed E-state index contributed by atoms with van der Waals surface area (Å²) in [5.74, 6) is 0.911. The third-order valence-electron chi connectivity index (χ3n) is 3.35. The van der Waals surface area contributed by atoms with Gasteiger partial charge in [0, 0.05) is 24.6 Å². The second-order valence-electron chi connectivity index (χ2n) is 5.25. The number of guanidine groups is 1. The van der Waals surface area contributed by atoms with Crippen molar-refractivity contribution in [1.82, 2.24) is 10.2 Å². The van der Waals surface area contributed by atoms with Crippen LogP contribution in [0.4, 0.5) is 0 Å². The highest BCUT2D eigenvalue weighted by Crippen LogP contribution is 2.17. The molecular weight excluding hydrogens is 372 g/mol. The van der Waals surface area contributed by atoms with Gasteiger partial charge in [-0.25, -0.2) is 4.99 Å². The Morgan fingerprint density at radius 2 is 2.08 bits per heavy atom. The van der Waals surface area contributed by atoms with Crippen LogP contribution in [-0.2, 0) is 13.1 Å². The van der Waals surface area contributed by atoms with Crippen LogP contribution in [0.15, 0.2) is 50.3 Å². The third kappa shape index (κ3) is 4.86. The number of nitrogens with one attached hydrogen (secondary N) is 1. The first kappa shape index (κ1) is 18.1. The molecule has 1 amide bonds. The number of nitrogens with two attached hydrogens (primary N) is 1. The maximum Gasteiger partial charge on any atom is 0.284 e. The smallest absolute Gasteiger partial charge is 0.284 e. The van der Waals surface area contributed by atoms with Crippen molar-refractivity contribution in [3.05, 3.63) is 58.0 Å². The maximum absolute atomic E-state index is 11.1. The van der Waals surface area contributed by atoms with E-state index in [1.807, 2.05) is 37.1 Å². The average molecular weight is 393 g/mol. The topological polar surface area (TPSA) is 83.9 Å². The molecule has 2 aromatic rings. The molecule has 0 fully saturated rings. The average Bonchev–Trinajstić information content (AvgIpc) is 3.02. The van der Waals surface area contributed by atoms with Crippen molar-refractivity contribution in [2.24, 2.45) is 10.7 Å². The number of aliphatic imine (C=N–C) groups is 1. The van der Waals surface area contributed by atoms with Crippen LogP contribution in [0, 0.1) is 0 Å². The fourth-order valence-corrected chi connectivity index (χ4v) is 2.58. The van der Waals surface area contributed by atoms with Gasteiger partial charge in [-0.05, 0) is 30.7 Å². The number of benzene rings is 1. The maximum atomic E-state index is 11.1. The van der Waals surface area contributed by atoms with E-state index in [1.165, 1.54) is 5.56 Å². The SMILES string of the molecule is CCNC(=NCc1ccc(C(N)=O)o1)N(C)Cc1ccccc1Br. The number of carbonyl (C=O) groups excluding carboxylic acids is 1. The van der Waals surface area contributed by atoms with Crippen LogP contribution in [0.25, 0.3) is 0 Å². The lowest BCUT2D eigenvalue weighted by molar-refractivity contribution is 0.0972. The summed E-state index contributed by atoms with van der Waals surface area (Å²) in [6.07, 6.45) is 0. The lowest BCUT2D eigenvalue weighted by atomic mass is 10.2. The van der Waals surface area contributed by atoms with Crippen LogP contribution < -0.4 is 11.1 Å². The molecule has 1 aromatic carbocycles. The Balaban J connectivity index is 2.09. The molecule has 0 spiro atoms. The van der Waals surface area contributed by atoms with Crippen LogP contribution in [0.1, 0.15) is 28.8 Å². The summed E-state index contributed by atoms with van der Waals surface area (Å²) >= 11 is 3.56. The zero-order valence-electron chi connectivity index (χ0n) is 13.8. The van der Waals surface area contributed by atoms with Crippen molar-refractivity contribution in [3.63, 3.8) is 0 Å². The molecular formula is C17H21BrN4O2. The molecule has 128 valence electrons. The van der Waals surface area contributed by atoms with E-state index in [-0.39, 0.29) is 5.76 Å². The summed E-state index contributed by atoms with van der Waals surface area (Å²) in [5, 5.41) is 3.25. The second-order valence-corrected chi connectivity index (χ2v) is 6.10. The van der Waals surface area contributed by atoms with Gasteiger partial charge in [0.1, 0.15) is 12.3 Å². The number of primary amides is 1. The Morgan fingerprint density at radius 3 is 2.71 bits per heavy atom. The van der Waals surface area contributed by atoms with Gasteiger partial charge in [-0.3, -0.25) is 4.79 Å². The van der Waals surface area contributed by atoms with Gasteiger partial charge in [0.25, 0.3) is 5.91 Å². The van der Waals surface area contributed by atoms with E-state index in [9.17, 15) is 4.79 Å². The Bertz CT molecular complexity index is 727. The Hall–Kier alpha value is -2.28. The van der Waals surface area contributed by atoms with Gasteiger partial charge in [0.15, 0.2) is 11.7 Å². The predicted molar refractivity (Wildman–Crippen MR) is 97.7 cm³/mol. The summed E-state index contributed by atoms with van der Waals surface area (Å²) < 4.78 is 6.42. The van der Waals surface area contributed by atoms with E-state index in [2.05, 4.69) is 32.3 Å². The molecule has 3 N–H and O–H groups in total. The van der Waals surface area contributed by atoms with Crippen molar-refractivity contribution < 1.29 is 9.21 Å². The molecule has 0 atom stereocenters. The van der Waals surface area contributed by atoms with Crippen LogP contribution >= 0.6 is 15.9 Å². The van der Waals surface area contributed by atoms with Gasteiger partial charge in [-0.1, -0.05) is 34.1 Å². The Labute approximate surface area is 149 Å². The van der Waals surface area contributed by atoms with E-state index in [0.717, 1.165) is 17.0 Å². The standard InChI is InChI=1S/C17H21BrN4O2/c1-3-20-17(21-10-13-8-9-15(24-13)16(19)23)22(2)11-12-6-4-5-7-14(12)18/h4-9H,3,10-11H2,1-2H3,(H2,19,23)(H,20,21). The first-order chi connectivity index (χ1) is 11.5. The van der Waals surface area contributed by atoms with Crippen LogP contribution in [0.3, 0.4) is 0 Å². The number of nitrogens with zero attached hydrogens (tertiary/aromatic N) is 2. The molecule has 1 heterocycles. The summed E-state index contributed by atoms with van der Waals surface area (Å²) in [6.45, 7) is 3.80. The minimum Gasteiger partial charge on any atom is -0.454 e. The van der Waals surface area contributed by atoms with E-state index >= 15 is 0 Å². The molecule has 1 aromatic heterocycles. The molecule has 0 saturated heterocycles. The van der Waals surface area contributed by atoms with E-state index in [4.69, 9.17) is 10.2 Å². The van der Waals surface area contributed by atoms with E-state index < -0.39 is 5.91 Å². The van der Waals surface area contributed by atoms with Gasteiger partial charge in [-0.2, -0.15) is 0 Å². The number of amides is 1. The lowest BCUT2D eigenvalue weighted by Crippen LogP contribution is -2.38. The number of furan rings is 1. The normalized spacial score (nSPS) is 11.4. The first-order valence-electron chi connectivity index (χ1n) is 7.62. The highest BCUT2D eigenvalue weighted by molar-refractivity contribution is 9.10. The number of hydrogen-bond donors (Lipinski definition) is 2. The first-order valence-corrected chi connectivity index (χ1v) is 8.42. The molecule has 0 unspecified atom stereocenters. The number of halogens is 1. The predicted octanol–water partition coefficient (Wildman–Crippen LogP) is 2.74. The fourth-order valence-electron chi connectivity index (χ4n) is 2.17. The molecule has 0 saturated carbocycles. The van der Waals surface area contributed by atoms with Crippen LogP contribution in [0.5, 0.6) is 0 Å². The summed E-state index contributed by atoms with van der Waals surface area (Å²) in [6, 6.07) is 11.3. The highest BCUT2D eigenvalue weighted by Gasteiger charge is 2.10. The zero-order chi connectivity index (χ0) is 17.5. The van der Waals surface area contributed by atoms with Crippen molar-refractivity contribution in [3.8, 4) is 0 Å². The monoisotopic (exact) mass is 392 g/mol. The lowest BCUT2D eigenvalue weighted by Gasteiger charge is -2.22. The quantitative estimate of drug-likeness (QED) is 0.584. The van der Waals surface area contributed by atoms with Gasteiger partial charge in [0.2, 0.25) is 0 Å². The van der Waals surface area contributed by atoms with Crippen molar-refractivity contribution in [1.29, 1.82) is 0 Å². The fraction of sp³-hybridized carbons (Fsp3) is 0.294. The van der Waals surface area contributed by atoms with E-state index in [0.29, 0.717) is 18.8 Å². The second kappa shape index (κ2) is 8.54. The Morgan fingerprint density at radius 1 is 1.33 bits per heavy atom. The number of hydrogen-bond acceptors (Lipinski definition) is 3. The minimum absolute atomic E-state index is 0.145. The van der Waals surface area contributed by atoms with Crippen LogP contribution in [0.2, 0.25) is 0 Å². The van der Waals surface area contributed by atoms with E-state index in [1.54, 1.807) is 12.1 Å². The Kier molecular flexibility index (Phi) is 6.43. The molecule has 0 aliphatic rings. The molecule has 0 aliphatic heterocycles. The molecule has 24 heavy (non-hydrogen) atoms. The van der Waals surface area contributed by atoms with Gasteiger partial charge < -0.3 is 20.4 Å². The van der Waals surface area contributed by atoms with Gasteiger partial charge in [0.05, 0.1) is 0 Å². The largest absolute Gasteiger partial charge is 0.454 e. The molecule has 0 bridgehead atoms. The van der Waals surface area contributed by atoms with Crippen molar-refractivity contribution >= 4 is 27.8 Å². The summed E-state index contributed by atoms with van der Waals surface area (Å²) in [7, 11) is 1.97. The molecule has 6 nitrogen and oxygen atoms in total. The zero-order valence-corrected chi connectivity index (χ0v) is 15.3. The minimum atomic E-state index is -0.580. The number of carbonyl (C=O) groups is 1. The molecule has 7 heteroatoms. The highest BCUT2D eigenvalue weighted by atomic mass is 79.9. The summed E-state index contributed by atoms with van der Waals surface area (Å²) in [4.78, 5) is 17.6. The van der Waals surface area contributed by atoms with Gasteiger partial charge in [-0.15, -0.1) is 0 Å². The van der Waals surface area contributed by atoms with Crippen molar-refractivity contribution in [2.45, 2.75) is 20.0 Å². The van der Waals surface area contributed by atoms with Crippen LogP contribution in [-0.4, -0.2) is 30.4 Å². The van der Waals surface area contributed by atoms with Gasteiger partial charge >= 0.3 is 0 Å². The molecule has 2 rings (SSSR count). The third-order valence-corrected chi connectivity index (χ3v) is 4.12. The molecule has 0 radical (unpaired) electrons. The van der Waals surface area contributed by atoms with Crippen molar-refractivity contribution in [2.75, 3.05) is 13.6 Å². The molecule has 0 aliphatic carbocycles.